The van der Waals surface area contributed by atoms with E-state index < -0.39 is 0 Å². The molecular weight excluding hydrogens is 298 g/mol. The quantitative estimate of drug-likeness (QED) is 0.867. The highest BCUT2D eigenvalue weighted by molar-refractivity contribution is 6.33. The number of benzene rings is 1. The van der Waals surface area contributed by atoms with Crippen LogP contribution in [0.25, 0.3) is 0 Å². The first-order chi connectivity index (χ1) is 10.6. The first-order valence-corrected chi connectivity index (χ1v) is 7.72. The molecule has 1 N–H and O–H groups in total. The molecule has 0 unspecified atom stereocenters. The van der Waals surface area contributed by atoms with Crippen molar-refractivity contribution < 1.29 is 4.79 Å². The predicted molar refractivity (Wildman–Crippen MR) is 91.8 cm³/mol. The van der Waals surface area contributed by atoms with Gasteiger partial charge < -0.3 is 10.2 Å². The number of nitrogens with one attached hydrogen (secondary N) is 1. The number of anilines is 2. The first-order valence-electron chi connectivity index (χ1n) is 7.35. The van der Waals surface area contributed by atoms with Crippen LogP contribution in [0, 0.1) is 0 Å². The summed E-state index contributed by atoms with van der Waals surface area (Å²) in [6.07, 6.45) is 4.00. The highest BCUT2D eigenvalue weighted by Gasteiger charge is 2.10. The molecule has 0 aliphatic carbocycles. The standard InChI is InChI=1S/C17H20ClN3O/c1-3-4-11-21(2)13-9-10-16(19-12-13)17(22)20-15-8-6-5-7-14(15)18/h5-10,12H,3-4,11H2,1-2H3,(H,20,22). The summed E-state index contributed by atoms with van der Waals surface area (Å²) in [7, 11) is 2.02. The lowest BCUT2D eigenvalue weighted by molar-refractivity contribution is 0.102. The second-order valence-corrected chi connectivity index (χ2v) is 5.52. The van der Waals surface area contributed by atoms with Crippen LogP contribution in [0.5, 0.6) is 0 Å². The normalized spacial score (nSPS) is 10.3. The van der Waals surface area contributed by atoms with Crippen LogP contribution in [-0.4, -0.2) is 24.5 Å². The Bertz CT molecular complexity index is 628. The van der Waals surface area contributed by atoms with Crippen LogP contribution < -0.4 is 10.2 Å². The van der Waals surface area contributed by atoms with Crippen molar-refractivity contribution in [2.45, 2.75) is 19.8 Å². The molecule has 4 nitrogen and oxygen atoms in total. The maximum Gasteiger partial charge on any atom is 0.274 e. The largest absolute Gasteiger partial charge is 0.373 e. The summed E-state index contributed by atoms with van der Waals surface area (Å²) in [5.41, 5.74) is 1.95. The van der Waals surface area contributed by atoms with Crippen LogP contribution in [-0.2, 0) is 0 Å². The fourth-order valence-electron chi connectivity index (χ4n) is 2.02. The van der Waals surface area contributed by atoms with Gasteiger partial charge in [-0.05, 0) is 30.7 Å². The number of hydrogen-bond donors (Lipinski definition) is 1. The van der Waals surface area contributed by atoms with Gasteiger partial charge in [0.2, 0.25) is 0 Å². The number of para-hydroxylation sites is 1. The fraction of sp³-hybridized carbons (Fsp3) is 0.294. The van der Waals surface area contributed by atoms with E-state index in [1.165, 1.54) is 0 Å². The van der Waals surface area contributed by atoms with Crippen molar-refractivity contribution in [3.05, 3.63) is 53.3 Å². The van der Waals surface area contributed by atoms with Crippen molar-refractivity contribution in [3.63, 3.8) is 0 Å². The Hall–Kier alpha value is -2.07. The monoisotopic (exact) mass is 317 g/mol. The molecule has 0 bridgehead atoms. The van der Waals surface area contributed by atoms with Gasteiger partial charge in [-0.2, -0.15) is 0 Å². The van der Waals surface area contributed by atoms with Gasteiger partial charge in [0.1, 0.15) is 5.69 Å². The Morgan fingerprint density at radius 1 is 1.27 bits per heavy atom. The number of hydrogen-bond acceptors (Lipinski definition) is 3. The second kappa shape index (κ2) is 7.80. The fourth-order valence-corrected chi connectivity index (χ4v) is 2.20. The van der Waals surface area contributed by atoms with Crippen molar-refractivity contribution in [1.29, 1.82) is 0 Å². The minimum absolute atomic E-state index is 0.268. The van der Waals surface area contributed by atoms with E-state index in [9.17, 15) is 4.79 Å². The first kappa shape index (κ1) is 16.3. The molecule has 1 amide bonds. The highest BCUT2D eigenvalue weighted by Crippen LogP contribution is 2.21. The number of pyridine rings is 1. The van der Waals surface area contributed by atoms with Gasteiger partial charge in [-0.3, -0.25) is 4.79 Å². The zero-order chi connectivity index (χ0) is 15.9. The minimum Gasteiger partial charge on any atom is -0.373 e. The molecule has 0 saturated heterocycles. The summed E-state index contributed by atoms with van der Waals surface area (Å²) >= 11 is 6.03. The molecular formula is C17H20ClN3O. The smallest absolute Gasteiger partial charge is 0.274 e. The Morgan fingerprint density at radius 3 is 2.68 bits per heavy atom. The summed E-state index contributed by atoms with van der Waals surface area (Å²) in [4.78, 5) is 18.5. The summed E-state index contributed by atoms with van der Waals surface area (Å²) in [5, 5.41) is 3.27. The van der Waals surface area contributed by atoms with Crippen molar-refractivity contribution in [3.8, 4) is 0 Å². The number of aromatic nitrogens is 1. The van der Waals surface area contributed by atoms with Crippen molar-refractivity contribution >= 4 is 28.9 Å². The molecule has 0 radical (unpaired) electrons. The lowest BCUT2D eigenvalue weighted by Crippen LogP contribution is -2.19. The predicted octanol–water partition coefficient (Wildman–Crippen LogP) is 4.22. The number of unbranched alkanes of at least 4 members (excludes halogenated alkanes) is 1. The number of carbonyl (C=O) groups excluding carboxylic acids is 1. The van der Waals surface area contributed by atoms with Gasteiger partial charge in [0.25, 0.3) is 5.91 Å². The van der Waals surface area contributed by atoms with Gasteiger partial charge in [-0.25, -0.2) is 4.98 Å². The molecule has 0 saturated carbocycles. The van der Waals surface area contributed by atoms with E-state index in [0.717, 1.165) is 25.1 Å². The SMILES string of the molecule is CCCCN(C)c1ccc(C(=O)Nc2ccccc2Cl)nc1. The topological polar surface area (TPSA) is 45.2 Å². The third-order valence-electron chi connectivity index (χ3n) is 3.39. The van der Waals surface area contributed by atoms with Crippen LogP contribution in [0.2, 0.25) is 5.02 Å². The average molecular weight is 318 g/mol. The average Bonchev–Trinajstić information content (AvgIpc) is 2.55. The van der Waals surface area contributed by atoms with Crippen LogP contribution in [0.1, 0.15) is 30.3 Å². The van der Waals surface area contributed by atoms with Gasteiger partial charge >= 0.3 is 0 Å². The number of halogens is 1. The lowest BCUT2D eigenvalue weighted by atomic mass is 10.2. The molecule has 5 heteroatoms. The highest BCUT2D eigenvalue weighted by atomic mass is 35.5. The molecule has 0 aliphatic rings. The molecule has 116 valence electrons. The molecule has 2 rings (SSSR count). The van der Waals surface area contributed by atoms with Gasteiger partial charge in [0, 0.05) is 13.6 Å². The third-order valence-corrected chi connectivity index (χ3v) is 3.72. The van der Waals surface area contributed by atoms with Crippen LogP contribution in [0.15, 0.2) is 42.6 Å². The van der Waals surface area contributed by atoms with Gasteiger partial charge in [0.15, 0.2) is 0 Å². The van der Waals surface area contributed by atoms with Gasteiger partial charge in [-0.1, -0.05) is 37.1 Å². The van der Waals surface area contributed by atoms with Crippen LogP contribution in [0.4, 0.5) is 11.4 Å². The minimum atomic E-state index is -0.268. The zero-order valence-electron chi connectivity index (χ0n) is 12.8. The van der Waals surface area contributed by atoms with E-state index in [1.54, 1.807) is 24.4 Å². The van der Waals surface area contributed by atoms with Gasteiger partial charge in [-0.15, -0.1) is 0 Å². The molecule has 1 aromatic carbocycles. The molecule has 0 atom stereocenters. The third kappa shape index (κ3) is 4.21. The Morgan fingerprint density at radius 2 is 2.05 bits per heavy atom. The lowest BCUT2D eigenvalue weighted by Gasteiger charge is -2.18. The second-order valence-electron chi connectivity index (χ2n) is 5.11. The van der Waals surface area contributed by atoms with E-state index in [2.05, 4.69) is 22.1 Å². The van der Waals surface area contributed by atoms with Gasteiger partial charge in [0.05, 0.1) is 22.6 Å². The van der Waals surface area contributed by atoms with Crippen LogP contribution >= 0.6 is 11.6 Å². The zero-order valence-corrected chi connectivity index (χ0v) is 13.6. The number of rotatable bonds is 6. The Balaban J connectivity index is 2.04. The summed E-state index contributed by atoms with van der Waals surface area (Å²) in [6, 6.07) is 10.8. The summed E-state index contributed by atoms with van der Waals surface area (Å²) < 4.78 is 0. The van der Waals surface area contributed by atoms with E-state index >= 15 is 0 Å². The van der Waals surface area contributed by atoms with E-state index in [-0.39, 0.29) is 5.91 Å². The molecule has 0 spiro atoms. The Labute approximate surface area is 136 Å². The van der Waals surface area contributed by atoms with E-state index in [0.29, 0.717) is 16.4 Å². The van der Waals surface area contributed by atoms with Crippen molar-refractivity contribution in [2.75, 3.05) is 23.8 Å². The number of carbonyl (C=O) groups is 1. The summed E-state index contributed by atoms with van der Waals surface area (Å²) in [5.74, 6) is -0.268. The molecule has 0 fully saturated rings. The maximum absolute atomic E-state index is 12.2. The maximum atomic E-state index is 12.2. The molecule has 1 heterocycles. The number of amides is 1. The summed E-state index contributed by atoms with van der Waals surface area (Å²) in [6.45, 7) is 3.14. The molecule has 22 heavy (non-hydrogen) atoms. The molecule has 2 aromatic rings. The number of nitrogens with zero attached hydrogens (tertiary/aromatic N) is 2. The van der Waals surface area contributed by atoms with Crippen molar-refractivity contribution in [2.24, 2.45) is 0 Å². The van der Waals surface area contributed by atoms with E-state index in [1.807, 2.05) is 25.2 Å². The van der Waals surface area contributed by atoms with Crippen LogP contribution in [0.3, 0.4) is 0 Å². The Kier molecular flexibility index (Phi) is 5.78. The molecule has 0 aliphatic heterocycles. The van der Waals surface area contributed by atoms with E-state index in [4.69, 9.17) is 11.6 Å². The van der Waals surface area contributed by atoms with Crippen molar-refractivity contribution in [1.82, 2.24) is 4.98 Å². The molecule has 1 aromatic heterocycles.